The van der Waals surface area contributed by atoms with Crippen molar-refractivity contribution in [3.05, 3.63) is 35.9 Å². The molecule has 0 spiro atoms. The van der Waals surface area contributed by atoms with Crippen molar-refractivity contribution in [3.8, 4) is 5.75 Å². The molecule has 0 heterocycles. The summed E-state index contributed by atoms with van der Waals surface area (Å²) in [5.74, 6) is 0.832. The minimum atomic E-state index is -0.458. The Balaban J connectivity index is 2.30. The number of ether oxygens (including phenoxy) is 2. The lowest BCUT2D eigenvalue weighted by Gasteiger charge is -2.19. The lowest BCUT2D eigenvalue weighted by molar-refractivity contribution is 0.0529. The van der Waals surface area contributed by atoms with E-state index in [4.69, 9.17) is 9.47 Å². The highest BCUT2D eigenvalue weighted by molar-refractivity contribution is 5.67. The van der Waals surface area contributed by atoms with E-state index in [0.717, 1.165) is 17.7 Å². The van der Waals surface area contributed by atoms with Crippen LogP contribution in [-0.2, 0) is 4.74 Å². The molecule has 0 fully saturated rings. The van der Waals surface area contributed by atoms with Crippen LogP contribution in [0.4, 0.5) is 4.79 Å². The highest BCUT2D eigenvalue weighted by atomic mass is 16.6. The van der Waals surface area contributed by atoms with E-state index in [9.17, 15) is 4.79 Å². The summed E-state index contributed by atoms with van der Waals surface area (Å²) in [7, 11) is 1.65. The van der Waals surface area contributed by atoms with Crippen molar-refractivity contribution < 1.29 is 14.3 Å². The van der Waals surface area contributed by atoms with E-state index >= 15 is 0 Å². The molecule has 0 radical (unpaired) electrons. The molecule has 0 aliphatic carbocycles. The van der Waals surface area contributed by atoms with Crippen LogP contribution in [0.1, 0.15) is 32.8 Å². The second kappa shape index (κ2) is 7.58. The summed E-state index contributed by atoms with van der Waals surface area (Å²) in [6.45, 7) is 6.08. The van der Waals surface area contributed by atoms with Gasteiger partial charge >= 0.3 is 6.09 Å². The summed E-state index contributed by atoms with van der Waals surface area (Å²) in [4.78, 5) is 11.4. The molecule has 1 amide bonds. The lowest BCUT2D eigenvalue weighted by Crippen LogP contribution is -2.32. The van der Waals surface area contributed by atoms with Gasteiger partial charge in [0.2, 0.25) is 0 Å². The van der Waals surface area contributed by atoms with Crippen LogP contribution in [-0.4, -0.2) is 25.3 Å². The molecule has 0 saturated heterocycles. The third-order valence-corrected chi connectivity index (χ3v) is 2.38. The molecule has 0 atom stereocenters. The largest absolute Gasteiger partial charge is 0.497 e. The normalized spacial score (nSPS) is 11.4. The monoisotopic (exact) mass is 277 g/mol. The van der Waals surface area contributed by atoms with E-state index in [2.05, 4.69) is 5.32 Å². The molecular weight excluding hydrogens is 254 g/mol. The Morgan fingerprint density at radius 3 is 2.75 bits per heavy atom. The second-order valence-corrected chi connectivity index (χ2v) is 5.40. The minimum Gasteiger partial charge on any atom is -0.497 e. The maximum absolute atomic E-state index is 11.4. The molecule has 0 aliphatic rings. The number of alkyl carbamates (subject to hydrolysis) is 1. The molecule has 0 unspecified atom stereocenters. The predicted octanol–water partition coefficient (Wildman–Crippen LogP) is 3.62. The van der Waals surface area contributed by atoms with Gasteiger partial charge in [0.1, 0.15) is 11.4 Å². The van der Waals surface area contributed by atoms with E-state index in [0.29, 0.717) is 6.54 Å². The number of hydrogen-bond acceptors (Lipinski definition) is 3. The van der Waals surface area contributed by atoms with Crippen molar-refractivity contribution in [2.75, 3.05) is 13.7 Å². The van der Waals surface area contributed by atoms with Gasteiger partial charge in [0.25, 0.3) is 0 Å². The van der Waals surface area contributed by atoms with Crippen molar-refractivity contribution in [1.82, 2.24) is 5.32 Å². The number of carbonyl (C=O) groups is 1. The Labute approximate surface area is 120 Å². The summed E-state index contributed by atoms with van der Waals surface area (Å²) >= 11 is 0. The topological polar surface area (TPSA) is 47.6 Å². The van der Waals surface area contributed by atoms with Crippen LogP contribution in [0.25, 0.3) is 6.08 Å². The summed E-state index contributed by atoms with van der Waals surface area (Å²) in [5.41, 5.74) is 0.613. The molecular formula is C16H23NO3. The summed E-state index contributed by atoms with van der Waals surface area (Å²) in [6.07, 6.45) is 4.37. The number of methoxy groups -OCH3 is 1. The van der Waals surface area contributed by atoms with Gasteiger partial charge in [-0.15, -0.1) is 0 Å². The molecule has 4 nitrogen and oxygen atoms in total. The Morgan fingerprint density at radius 1 is 1.35 bits per heavy atom. The Morgan fingerprint density at radius 2 is 2.10 bits per heavy atom. The first-order valence-electron chi connectivity index (χ1n) is 6.68. The van der Waals surface area contributed by atoms with E-state index in [1.807, 2.05) is 57.2 Å². The molecule has 4 heteroatoms. The van der Waals surface area contributed by atoms with Gasteiger partial charge in [0, 0.05) is 6.54 Å². The second-order valence-electron chi connectivity index (χ2n) is 5.40. The van der Waals surface area contributed by atoms with Crippen molar-refractivity contribution in [2.45, 2.75) is 32.8 Å². The summed E-state index contributed by atoms with van der Waals surface area (Å²) in [5, 5.41) is 2.71. The Hall–Kier alpha value is -1.97. The fourth-order valence-corrected chi connectivity index (χ4v) is 1.54. The first-order chi connectivity index (χ1) is 9.40. The summed E-state index contributed by atoms with van der Waals surface area (Å²) in [6, 6.07) is 7.80. The van der Waals surface area contributed by atoms with Crippen molar-refractivity contribution in [3.63, 3.8) is 0 Å². The molecule has 110 valence electrons. The van der Waals surface area contributed by atoms with Gasteiger partial charge in [0.05, 0.1) is 7.11 Å². The molecule has 1 rings (SSSR count). The summed E-state index contributed by atoms with van der Waals surface area (Å²) < 4.78 is 10.3. The zero-order valence-electron chi connectivity index (χ0n) is 12.6. The first kappa shape index (κ1) is 16.1. The molecule has 0 aromatic heterocycles. The van der Waals surface area contributed by atoms with E-state index < -0.39 is 5.60 Å². The van der Waals surface area contributed by atoms with Crippen LogP contribution in [0.15, 0.2) is 30.3 Å². The van der Waals surface area contributed by atoms with Gasteiger partial charge < -0.3 is 14.8 Å². The fraction of sp³-hybridized carbons (Fsp3) is 0.438. The molecule has 0 bridgehead atoms. The van der Waals surface area contributed by atoms with Crippen molar-refractivity contribution in [1.29, 1.82) is 0 Å². The molecule has 20 heavy (non-hydrogen) atoms. The van der Waals surface area contributed by atoms with E-state index in [1.165, 1.54) is 0 Å². The number of benzene rings is 1. The van der Waals surface area contributed by atoms with Crippen molar-refractivity contribution >= 4 is 12.2 Å². The first-order valence-corrected chi connectivity index (χ1v) is 6.68. The number of hydrogen-bond donors (Lipinski definition) is 1. The minimum absolute atomic E-state index is 0.382. The molecule has 0 aliphatic heterocycles. The highest BCUT2D eigenvalue weighted by Gasteiger charge is 2.15. The number of nitrogens with one attached hydrogen (secondary N) is 1. The van der Waals surface area contributed by atoms with Crippen LogP contribution in [0.3, 0.4) is 0 Å². The lowest BCUT2D eigenvalue weighted by atomic mass is 10.2. The van der Waals surface area contributed by atoms with Gasteiger partial charge in [0.15, 0.2) is 0 Å². The quantitative estimate of drug-likeness (QED) is 0.836. The van der Waals surface area contributed by atoms with Crippen LogP contribution >= 0.6 is 0 Å². The standard InChI is InChI=1S/C16H23NO3/c1-16(2,3)20-15(18)17-11-6-5-8-13-9-7-10-14(12-13)19-4/h5,7-10,12H,6,11H2,1-4H3,(H,17,18). The van der Waals surface area contributed by atoms with Crippen LogP contribution in [0.2, 0.25) is 0 Å². The maximum atomic E-state index is 11.4. The number of amides is 1. The molecule has 1 N–H and O–H groups in total. The van der Waals surface area contributed by atoms with Gasteiger partial charge in [-0.25, -0.2) is 4.79 Å². The molecule has 1 aromatic carbocycles. The Kier molecular flexibility index (Phi) is 6.10. The third kappa shape index (κ3) is 6.83. The van der Waals surface area contributed by atoms with Gasteiger partial charge in [-0.3, -0.25) is 0 Å². The SMILES string of the molecule is COc1cccc(C=CCCNC(=O)OC(C)(C)C)c1. The van der Waals surface area contributed by atoms with Crippen LogP contribution in [0.5, 0.6) is 5.75 Å². The van der Waals surface area contributed by atoms with Crippen LogP contribution in [0, 0.1) is 0 Å². The Bertz CT molecular complexity index is 461. The smallest absolute Gasteiger partial charge is 0.407 e. The van der Waals surface area contributed by atoms with Gasteiger partial charge in [-0.2, -0.15) is 0 Å². The number of carbonyl (C=O) groups excluding carboxylic acids is 1. The van der Waals surface area contributed by atoms with Crippen LogP contribution < -0.4 is 10.1 Å². The maximum Gasteiger partial charge on any atom is 0.407 e. The van der Waals surface area contributed by atoms with Crippen molar-refractivity contribution in [2.24, 2.45) is 0 Å². The molecule has 0 saturated carbocycles. The average Bonchev–Trinajstić information content (AvgIpc) is 2.36. The molecule has 1 aromatic rings. The third-order valence-electron chi connectivity index (χ3n) is 2.38. The number of rotatable bonds is 5. The highest BCUT2D eigenvalue weighted by Crippen LogP contribution is 2.13. The van der Waals surface area contributed by atoms with Gasteiger partial charge in [-0.05, 0) is 44.9 Å². The zero-order valence-corrected chi connectivity index (χ0v) is 12.6. The zero-order chi connectivity index (χ0) is 15.0. The van der Waals surface area contributed by atoms with E-state index in [-0.39, 0.29) is 6.09 Å². The van der Waals surface area contributed by atoms with E-state index in [1.54, 1.807) is 7.11 Å². The van der Waals surface area contributed by atoms with Gasteiger partial charge in [-0.1, -0.05) is 24.3 Å². The predicted molar refractivity (Wildman–Crippen MR) is 80.9 cm³/mol. The average molecular weight is 277 g/mol. The fourth-order valence-electron chi connectivity index (χ4n) is 1.54.